The summed E-state index contributed by atoms with van der Waals surface area (Å²) in [4.78, 5) is 32.5. The first kappa shape index (κ1) is 16.0. The number of amides is 2. The number of rotatable bonds is 2. The second kappa shape index (κ2) is 6.41. The van der Waals surface area contributed by atoms with E-state index in [0.717, 1.165) is 30.2 Å². The monoisotopic (exact) mass is 345 g/mol. The molecule has 24 heavy (non-hydrogen) atoms. The lowest BCUT2D eigenvalue weighted by atomic mass is 10.1. The average molecular weight is 345 g/mol. The van der Waals surface area contributed by atoms with Gasteiger partial charge in [0.15, 0.2) is 0 Å². The van der Waals surface area contributed by atoms with E-state index in [1.807, 2.05) is 29.2 Å². The fourth-order valence-corrected chi connectivity index (χ4v) is 5.02. The van der Waals surface area contributed by atoms with Crippen LogP contribution < -0.4 is 4.90 Å². The van der Waals surface area contributed by atoms with Crippen molar-refractivity contribution in [2.24, 2.45) is 0 Å². The van der Waals surface area contributed by atoms with E-state index in [4.69, 9.17) is 0 Å². The van der Waals surface area contributed by atoms with E-state index in [9.17, 15) is 9.59 Å². The quantitative estimate of drug-likeness (QED) is 0.820. The Bertz CT molecular complexity index is 665. The van der Waals surface area contributed by atoms with Crippen LogP contribution in [0, 0.1) is 0 Å². The lowest BCUT2D eigenvalue weighted by Gasteiger charge is -2.43. The van der Waals surface area contributed by atoms with E-state index in [0.29, 0.717) is 11.8 Å². The van der Waals surface area contributed by atoms with Crippen molar-refractivity contribution in [3.63, 3.8) is 0 Å². The van der Waals surface area contributed by atoms with Crippen LogP contribution in [0.1, 0.15) is 19.8 Å². The number of benzene rings is 1. The molecule has 3 aliphatic rings. The Morgan fingerprint density at radius 3 is 3.00 bits per heavy atom. The second-order valence-corrected chi connectivity index (χ2v) is 7.94. The van der Waals surface area contributed by atoms with Crippen molar-refractivity contribution in [2.75, 3.05) is 36.8 Å². The number of para-hydroxylation sites is 1. The Morgan fingerprint density at radius 2 is 2.12 bits per heavy atom. The number of thioether (sulfide) groups is 1. The predicted molar refractivity (Wildman–Crippen MR) is 95.3 cm³/mol. The van der Waals surface area contributed by atoms with Crippen LogP contribution >= 0.6 is 11.8 Å². The van der Waals surface area contributed by atoms with Crippen molar-refractivity contribution in [3.8, 4) is 0 Å². The molecule has 2 atom stereocenters. The van der Waals surface area contributed by atoms with Gasteiger partial charge in [-0.15, -0.1) is 11.8 Å². The van der Waals surface area contributed by atoms with Gasteiger partial charge in [0.2, 0.25) is 11.8 Å². The fourth-order valence-electron chi connectivity index (χ4n) is 4.09. The van der Waals surface area contributed by atoms with Crippen molar-refractivity contribution in [1.82, 2.24) is 9.80 Å². The first-order chi connectivity index (χ1) is 11.6. The molecule has 128 valence electrons. The fraction of sp³-hybridized carbons (Fsp3) is 0.556. The van der Waals surface area contributed by atoms with Crippen LogP contribution in [-0.2, 0) is 9.59 Å². The molecule has 6 heteroatoms. The molecule has 0 N–H and O–H groups in total. The summed E-state index contributed by atoms with van der Waals surface area (Å²) in [5, 5.41) is 0. The lowest BCUT2D eigenvalue weighted by Crippen LogP contribution is -2.58. The van der Waals surface area contributed by atoms with E-state index in [1.54, 1.807) is 16.7 Å². The van der Waals surface area contributed by atoms with Crippen molar-refractivity contribution >= 4 is 29.3 Å². The molecule has 0 aromatic heterocycles. The standard InChI is InChI=1S/C18H23N3O2S/c1-13-9-19-8-4-5-14(19)10-20(13)17(22)11-21-15-6-2-3-7-16(15)24-12-18(21)23/h2-3,6-7,13-14H,4-5,8-12H2,1H3/t13-,14-/m0/s1. The molecule has 1 aromatic carbocycles. The zero-order valence-corrected chi connectivity index (χ0v) is 14.8. The van der Waals surface area contributed by atoms with Crippen LogP contribution in [0.25, 0.3) is 0 Å². The van der Waals surface area contributed by atoms with E-state index in [2.05, 4.69) is 11.8 Å². The molecule has 4 rings (SSSR count). The van der Waals surface area contributed by atoms with Gasteiger partial charge in [0.05, 0.1) is 11.4 Å². The molecule has 3 aliphatic heterocycles. The molecule has 3 heterocycles. The summed E-state index contributed by atoms with van der Waals surface area (Å²) in [6, 6.07) is 8.58. The van der Waals surface area contributed by atoms with Gasteiger partial charge in [-0.25, -0.2) is 0 Å². The molecule has 0 saturated carbocycles. The maximum atomic E-state index is 12.9. The van der Waals surface area contributed by atoms with E-state index < -0.39 is 0 Å². The first-order valence-electron chi connectivity index (χ1n) is 8.69. The van der Waals surface area contributed by atoms with E-state index in [-0.39, 0.29) is 24.4 Å². The molecule has 0 bridgehead atoms. The van der Waals surface area contributed by atoms with Crippen LogP contribution in [0.5, 0.6) is 0 Å². The minimum Gasteiger partial charge on any atom is -0.336 e. The number of carbonyl (C=O) groups is 2. The number of fused-ring (bicyclic) bond motifs is 2. The number of hydrogen-bond donors (Lipinski definition) is 0. The van der Waals surface area contributed by atoms with Crippen molar-refractivity contribution in [3.05, 3.63) is 24.3 Å². The Hall–Kier alpha value is -1.53. The molecule has 0 unspecified atom stereocenters. The molecule has 1 aromatic rings. The normalized spacial score (nSPS) is 27.1. The highest BCUT2D eigenvalue weighted by atomic mass is 32.2. The largest absolute Gasteiger partial charge is 0.336 e. The van der Waals surface area contributed by atoms with Crippen LogP contribution in [0.3, 0.4) is 0 Å². The third-order valence-electron chi connectivity index (χ3n) is 5.36. The summed E-state index contributed by atoms with van der Waals surface area (Å²) >= 11 is 1.55. The summed E-state index contributed by atoms with van der Waals surface area (Å²) < 4.78 is 0. The lowest BCUT2D eigenvalue weighted by molar-refractivity contribution is -0.136. The third kappa shape index (κ3) is 2.82. The van der Waals surface area contributed by atoms with Gasteiger partial charge in [0.1, 0.15) is 6.54 Å². The molecule has 0 radical (unpaired) electrons. The number of hydrogen-bond acceptors (Lipinski definition) is 4. The summed E-state index contributed by atoms with van der Waals surface area (Å²) in [6.07, 6.45) is 2.41. The minimum atomic E-state index is 0.0270. The molecule has 5 nitrogen and oxygen atoms in total. The van der Waals surface area contributed by atoms with Gasteiger partial charge in [0, 0.05) is 30.1 Å². The van der Waals surface area contributed by atoms with Gasteiger partial charge in [0.25, 0.3) is 0 Å². The van der Waals surface area contributed by atoms with Gasteiger partial charge >= 0.3 is 0 Å². The molecular weight excluding hydrogens is 322 g/mol. The zero-order valence-electron chi connectivity index (χ0n) is 14.0. The van der Waals surface area contributed by atoms with Gasteiger partial charge in [-0.3, -0.25) is 14.5 Å². The average Bonchev–Trinajstić information content (AvgIpc) is 3.03. The molecule has 0 aliphatic carbocycles. The smallest absolute Gasteiger partial charge is 0.242 e. The Labute approximate surface area is 147 Å². The van der Waals surface area contributed by atoms with Crippen molar-refractivity contribution < 1.29 is 9.59 Å². The highest BCUT2D eigenvalue weighted by Crippen LogP contribution is 2.35. The van der Waals surface area contributed by atoms with Gasteiger partial charge in [-0.1, -0.05) is 12.1 Å². The van der Waals surface area contributed by atoms with E-state index in [1.165, 1.54) is 12.8 Å². The third-order valence-corrected chi connectivity index (χ3v) is 6.41. The SMILES string of the molecule is C[C@H]1CN2CCC[C@H]2CN1C(=O)CN1C(=O)CSc2ccccc21. The maximum Gasteiger partial charge on any atom is 0.242 e. The van der Waals surface area contributed by atoms with Crippen molar-refractivity contribution in [2.45, 2.75) is 36.7 Å². The van der Waals surface area contributed by atoms with Crippen LogP contribution in [0.15, 0.2) is 29.2 Å². The Morgan fingerprint density at radius 1 is 1.29 bits per heavy atom. The van der Waals surface area contributed by atoms with Crippen LogP contribution in [0.2, 0.25) is 0 Å². The van der Waals surface area contributed by atoms with Gasteiger partial charge < -0.3 is 9.80 Å². The predicted octanol–water partition coefficient (Wildman–Crippen LogP) is 1.82. The van der Waals surface area contributed by atoms with Crippen molar-refractivity contribution in [1.29, 1.82) is 0 Å². The Balaban J connectivity index is 1.50. The number of nitrogens with zero attached hydrogens (tertiary/aromatic N) is 3. The van der Waals surface area contributed by atoms with Gasteiger partial charge in [-0.05, 0) is 38.4 Å². The molecule has 2 fully saturated rings. The van der Waals surface area contributed by atoms with Crippen LogP contribution in [-0.4, -0.2) is 65.6 Å². The molecule has 2 amide bonds. The molecule has 2 saturated heterocycles. The first-order valence-corrected chi connectivity index (χ1v) is 9.68. The summed E-state index contributed by atoms with van der Waals surface area (Å²) in [7, 11) is 0. The van der Waals surface area contributed by atoms with Crippen LogP contribution in [0.4, 0.5) is 5.69 Å². The minimum absolute atomic E-state index is 0.0270. The summed E-state index contributed by atoms with van der Waals surface area (Å²) in [5.41, 5.74) is 0.874. The van der Waals surface area contributed by atoms with E-state index >= 15 is 0 Å². The highest BCUT2D eigenvalue weighted by Gasteiger charge is 2.37. The number of piperazine rings is 1. The number of carbonyl (C=O) groups excluding carboxylic acids is 2. The summed E-state index contributed by atoms with van der Waals surface area (Å²) in [6.45, 7) is 5.20. The second-order valence-electron chi connectivity index (χ2n) is 6.92. The topological polar surface area (TPSA) is 43.9 Å². The Kier molecular flexibility index (Phi) is 4.26. The number of anilines is 1. The highest BCUT2D eigenvalue weighted by molar-refractivity contribution is 8.00. The van der Waals surface area contributed by atoms with Gasteiger partial charge in [-0.2, -0.15) is 0 Å². The summed E-state index contributed by atoms with van der Waals surface area (Å²) in [5.74, 6) is 0.513. The molecule has 0 spiro atoms. The molecular formula is C18H23N3O2S. The maximum absolute atomic E-state index is 12.9. The zero-order chi connectivity index (χ0) is 16.7.